The number of nitro groups is 1. The number of non-ortho nitro benzene ring substituents is 1. The van der Waals surface area contributed by atoms with E-state index < -0.39 is 4.92 Å². The van der Waals surface area contributed by atoms with Crippen molar-refractivity contribution in [2.45, 2.75) is 32.6 Å². The van der Waals surface area contributed by atoms with Crippen LogP contribution in [-0.4, -0.2) is 18.0 Å². The summed E-state index contributed by atoms with van der Waals surface area (Å²) in [4.78, 5) is 12.5. The predicted molar refractivity (Wildman–Crippen MR) is 77.4 cm³/mol. The average molecular weight is 263 g/mol. The molecular formula is C14H21N3O2. The molecule has 1 heterocycles. The van der Waals surface area contributed by atoms with Gasteiger partial charge in [0.25, 0.3) is 5.69 Å². The third kappa shape index (κ3) is 3.16. The maximum Gasteiger partial charge on any atom is 0.271 e. The van der Waals surface area contributed by atoms with Crippen molar-refractivity contribution >= 4 is 17.1 Å². The first-order valence-electron chi connectivity index (χ1n) is 6.90. The Kier molecular flexibility index (Phi) is 4.24. The smallest absolute Gasteiger partial charge is 0.271 e. The van der Waals surface area contributed by atoms with Crippen molar-refractivity contribution < 1.29 is 4.92 Å². The molecule has 0 saturated carbocycles. The fourth-order valence-electron chi connectivity index (χ4n) is 2.81. The van der Waals surface area contributed by atoms with E-state index in [1.165, 1.54) is 37.8 Å². The molecule has 2 rings (SSSR count). The lowest BCUT2D eigenvalue weighted by atomic mass is 9.92. The van der Waals surface area contributed by atoms with Gasteiger partial charge in [-0.1, -0.05) is 19.8 Å². The lowest BCUT2D eigenvalue weighted by Gasteiger charge is -2.34. The molecule has 0 radical (unpaired) electrons. The molecule has 5 heteroatoms. The minimum Gasteiger partial charge on any atom is -0.397 e. The van der Waals surface area contributed by atoms with E-state index in [2.05, 4.69) is 11.8 Å². The first-order chi connectivity index (χ1) is 9.11. The number of piperidine rings is 1. The fourth-order valence-corrected chi connectivity index (χ4v) is 2.81. The van der Waals surface area contributed by atoms with Crippen LogP contribution in [0.4, 0.5) is 17.1 Å². The summed E-state index contributed by atoms with van der Waals surface area (Å²) in [6, 6.07) is 4.75. The van der Waals surface area contributed by atoms with Gasteiger partial charge in [0, 0.05) is 25.2 Å². The van der Waals surface area contributed by atoms with Crippen LogP contribution in [0, 0.1) is 16.0 Å². The van der Waals surface area contributed by atoms with Crippen LogP contribution >= 0.6 is 0 Å². The minimum atomic E-state index is -0.409. The van der Waals surface area contributed by atoms with E-state index in [-0.39, 0.29) is 5.69 Å². The highest BCUT2D eigenvalue weighted by Gasteiger charge is 2.21. The fraction of sp³-hybridized carbons (Fsp3) is 0.571. The van der Waals surface area contributed by atoms with Gasteiger partial charge in [0.05, 0.1) is 16.3 Å². The molecule has 1 aromatic carbocycles. The van der Waals surface area contributed by atoms with Gasteiger partial charge in [0.15, 0.2) is 0 Å². The zero-order chi connectivity index (χ0) is 13.8. The minimum absolute atomic E-state index is 0.0575. The summed E-state index contributed by atoms with van der Waals surface area (Å²) >= 11 is 0. The highest BCUT2D eigenvalue weighted by molar-refractivity contribution is 5.70. The van der Waals surface area contributed by atoms with Gasteiger partial charge in [-0.2, -0.15) is 0 Å². The molecule has 0 bridgehead atoms. The van der Waals surface area contributed by atoms with Crippen molar-refractivity contribution in [1.29, 1.82) is 0 Å². The summed E-state index contributed by atoms with van der Waals surface area (Å²) in [5.74, 6) is 0.820. The van der Waals surface area contributed by atoms with Gasteiger partial charge >= 0.3 is 0 Å². The summed E-state index contributed by atoms with van der Waals surface area (Å²) in [5, 5.41) is 10.7. The zero-order valence-corrected chi connectivity index (χ0v) is 11.3. The van der Waals surface area contributed by atoms with Crippen molar-refractivity contribution in [2.24, 2.45) is 5.92 Å². The monoisotopic (exact) mass is 263 g/mol. The van der Waals surface area contributed by atoms with Crippen LogP contribution in [0.25, 0.3) is 0 Å². The van der Waals surface area contributed by atoms with Gasteiger partial charge < -0.3 is 10.6 Å². The Morgan fingerprint density at radius 2 is 2.11 bits per heavy atom. The Balaban J connectivity index is 2.05. The molecule has 19 heavy (non-hydrogen) atoms. The molecule has 5 nitrogen and oxygen atoms in total. The highest BCUT2D eigenvalue weighted by atomic mass is 16.6. The van der Waals surface area contributed by atoms with E-state index in [4.69, 9.17) is 5.73 Å². The Bertz CT molecular complexity index is 454. The number of benzene rings is 1. The quantitative estimate of drug-likeness (QED) is 0.514. The predicted octanol–water partition coefficient (Wildman–Crippen LogP) is 3.19. The van der Waals surface area contributed by atoms with E-state index >= 15 is 0 Å². The molecule has 1 saturated heterocycles. The van der Waals surface area contributed by atoms with Crippen molar-refractivity contribution in [3.05, 3.63) is 28.3 Å². The molecule has 2 N–H and O–H groups in total. The third-order valence-electron chi connectivity index (χ3n) is 3.87. The van der Waals surface area contributed by atoms with Crippen LogP contribution < -0.4 is 10.6 Å². The van der Waals surface area contributed by atoms with Crippen LogP contribution in [0.1, 0.15) is 32.6 Å². The standard InChI is InChI=1S/C14H21N3O2/c1-2-3-11-6-8-16(9-7-11)14-5-4-12(17(18)19)10-13(14)15/h4-5,10-11H,2-3,6-9,15H2,1H3. The van der Waals surface area contributed by atoms with Crippen LogP contribution in [0.15, 0.2) is 18.2 Å². The Hall–Kier alpha value is -1.78. The van der Waals surface area contributed by atoms with Gasteiger partial charge in [-0.05, 0) is 24.8 Å². The molecule has 0 unspecified atom stereocenters. The van der Waals surface area contributed by atoms with Gasteiger partial charge in [-0.15, -0.1) is 0 Å². The molecule has 1 fully saturated rings. The second-order valence-corrected chi connectivity index (χ2v) is 5.22. The lowest BCUT2D eigenvalue weighted by Crippen LogP contribution is -2.34. The van der Waals surface area contributed by atoms with Crippen LogP contribution in [-0.2, 0) is 0 Å². The summed E-state index contributed by atoms with van der Waals surface area (Å²) in [7, 11) is 0. The first-order valence-corrected chi connectivity index (χ1v) is 6.90. The number of anilines is 2. The number of nitrogens with two attached hydrogens (primary N) is 1. The number of nitrogens with zero attached hydrogens (tertiary/aromatic N) is 2. The highest BCUT2D eigenvalue weighted by Crippen LogP contribution is 2.31. The normalized spacial score (nSPS) is 16.6. The second kappa shape index (κ2) is 5.91. The maximum atomic E-state index is 10.7. The SMILES string of the molecule is CCCC1CCN(c2ccc([N+](=O)[O-])cc2N)CC1. The van der Waals surface area contributed by atoms with E-state index in [0.717, 1.165) is 24.7 Å². The number of hydrogen-bond donors (Lipinski definition) is 1. The van der Waals surface area contributed by atoms with E-state index in [9.17, 15) is 10.1 Å². The molecular weight excluding hydrogens is 242 g/mol. The van der Waals surface area contributed by atoms with Crippen molar-refractivity contribution in [3.8, 4) is 0 Å². The molecule has 1 aliphatic rings. The van der Waals surface area contributed by atoms with Crippen molar-refractivity contribution in [3.63, 3.8) is 0 Å². The van der Waals surface area contributed by atoms with Crippen molar-refractivity contribution in [1.82, 2.24) is 0 Å². The van der Waals surface area contributed by atoms with Crippen LogP contribution in [0.3, 0.4) is 0 Å². The first kappa shape index (κ1) is 13.6. The number of hydrogen-bond acceptors (Lipinski definition) is 4. The number of rotatable bonds is 4. The Morgan fingerprint density at radius 1 is 1.42 bits per heavy atom. The van der Waals surface area contributed by atoms with Gasteiger partial charge in [0.1, 0.15) is 0 Å². The summed E-state index contributed by atoms with van der Waals surface area (Å²) in [6.45, 7) is 4.21. The molecule has 1 aliphatic heterocycles. The molecule has 0 aliphatic carbocycles. The molecule has 0 amide bonds. The van der Waals surface area contributed by atoms with Crippen LogP contribution in [0.2, 0.25) is 0 Å². The van der Waals surface area contributed by atoms with E-state index in [1.54, 1.807) is 6.07 Å². The molecule has 0 aromatic heterocycles. The van der Waals surface area contributed by atoms with E-state index in [1.807, 2.05) is 0 Å². The summed E-state index contributed by atoms with van der Waals surface area (Å²) in [6.07, 6.45) is 4.91. The van der Waals surface area contributed by atoms with E-state index in [0.29, 0.717) is 5.69 Å². The van der Waals surface area contributed by atoms with Gasteiger partial charge in [-0.3, -0.25) is 10.1 Å². The Labute approximate surface area is 113 Å². The van der Waals surface area contributed by atoms with Gasteiger partial charge in [-0.25, -0.2) is 0 Å². The number of nitro benzene ring substituents is 1. The zero-order valence-electron chi connectivity index (χ0n) is 11.3. The van der Waals surface area contributed by atoms with Crippen molar-refractivity contribution in [2.75, 3.05) is 23.7 Å². The largest absolute Gasteiger partial charge is 0.397 e. The topological polar surface area (TPSA) is 72.4 Å². The molecule has 0 atom stereocenters. The van der Waals surface area contributed by atoms with Crippen LogP contribution in [0.5, 0.6) is 0 Å². The van der Waals surface area contributed by atoms with Gasteiger partial charge in [0.2, 0.25) is 0 Å². The maximum absolute atomic E-state index is 10.7. The summed E-state index contributed by atoms with van der Waals surface area (Å²) in [5.41, 5.74) is 7.43. The summed E-state index contributed by atoms with van der Waals surface area (Å²) < 4.78 is 0. The molecule has 1 aromatic rings. The number of nitrogen functional groups attached to an aromatic ring is 1. The Morgan fingerprint density at radius 3 is 2.63 bits per heavy atom. The second-order valence-electron chi connectivity index (χ2n) is 5.22. The molecule has 104 valence electrons. The lowest BCUT2D eigenvalue weighted by molar-refractivity contribution is -0.384. The third-order valence-corrected chi connectivity index (χ3v) is 3.87. The average Bonchev–Trinajstić information content (AvgIpc) is 2.40. The molecule has 0 spiro atoms.